The van der Waals surface area contributed by atoms with E-state index in [4.69, 9.17) is 5.11 Å². The maximum Gasteiger partial charge on any atom is 0.416 e. The number of anilines is 2. The summed E-state index contributed by atoms with van der Waals surface area (Å²) in [7, 11) is 0. The van der Waals surface area contributed by atoms with E-state index in [1.807, 2.05) is 0 Å². The summed E-state index contributed by atoms with van der Waals surface area (Å²) < 4.78 is 39.9. The van der Waals surface area contributed by atoms with E-state index in [9.17, 15) is 23.2 Å². The summed E-state index contributed by atoms with van der Waals surface area (Å²) in [6, 6.07) is 11.9. The van der Waals surface area contributed by atoms with Crippen LogP contribution in [0.15, 0.2) is 48.7 Å². The van der Waals surface area contributed by atoms with E-state index in [-0.39, 0.29) is 17.6 Å². The first-order valence-electron chi connectivity index (χ1n) is 11.4. The van der Waals surface area contributed by atoms with E-state index in [2.05, 4.69) is 26.3 Å². The van der Waals surface area contributed by atoms with Gasteiger partial charge in [-0.25, -0.2) is 4.68 Å². The number of nitrogens with one attached hydrogen (secondary N) is 1. The molecule has 0 atom stereocenters. The average Bonchev–Trinajstić information content (AvgIpc) is 3.25. The van der Waals surface area contributed by atoms with Gasteiger partial charge in [-0.3, -0.25) is 9.69 Å². The molecule has 2 heterocycles. The van der Waals surface area contributed by atoms with Crippen molar-refractivity contribution in [2.24, 2.45) is 0 Å². The third-order valence-corrected chi connectivity index (χ3v) is 6.20. The Hall–Kier alpha value is -3.92. The standard InChI is InChI=1S/C25H25F3N6O2.H2O/c1-17-22(16-30-34(17)21-5-2-19(3-6-21)25(26,27)28)24(36)31-20-4-7-23(18(14-20)15-29)33-10-8-32(9-11-33)12-13-35;/h2-7,14,16,35H,8-13H2,1H3,(H,31,36);1H2. The van der Waals surface area contributed by atoms with Crippen LogP contribution in [0.2, 0.25) is 0 Å². The number of alkyl halides is 3. The summed E-state index contributed by atoms with van der Waals surface area (Å²) in [6.45, 7) is 5.41. The van der Waals surface area contributed by atoms with Gasteiger partial charge in [0.2, 0.25) is 0 Å². The van der Waals surface area contributed by atoms with Crippen molar-refractivity contribution in [3.05, 3.63) is 71.0 Å². The predicted octanol–water partition coefficient (Wildman–Crippen LogP) is 2.61. The second kappa shape index (κ2) is 11.4. The van der Waals surface area contributed by atoms with Gasteiger partial charge in [0.1, 0.15) is 6.07 Å². The lowest BCUT2D eigenvalue weighted by molar-refractivity contribution is -0.137. The van der Waals surface area contributed by atoms with Crippen molar-refractivity contribution in [1.29, 1.82) is 5.26 Å². The summed E-state index contributed by atoms with van der Waals surface area (Å²) in [5, 5.41) is 25.7. The molecule has 12 heteroatoms. The number of nitriles is 1. The molecule has 4 N–H and O–H groups in total. The van der Waals surface area contributed by atoms with Gasteiger partial charge in [0, 0.05) is 38.4 Å². The number of amides is 1. The molecular weight excluding hydrogens is 489 g/mol. The number of aliphatic hydroxyl groups is 1. The quantitative estimate of drug-likeness (QED) is 0.518. The van der Waals surface area contributed by atoms with E-state index < -0.39 is 17.6 Å². The predicted molar refractivity (Wildman–Crippen MR) is 132 cm³/mol. The molecule has 1 aliphatic heterocycles. The molecule has 1 aliphatic rings. The number of benzene rings is 2. The molecule has 3 aromatic rings. The molecule has 0 bridgehead atoms. The molecule has 9 nitrogen and oxygen atoms in total. The number of hydrogen-bond acceptors (Lipinski definition) is 6. The van der Waals surface area contributed by atoms with Gasteiger partial charge in [-0.1, -0.05) is 0 Å². The molecule has 0 radical (unpaired) electrons. The molecule has 0 unspecified atom stereocenters. The van der Waals surface area contributed by atoms with E-state index in [1.165, 1.54) is 23.0 Å². The van der Waals surface area contributed by atoms with Crippen LogP contribution in [-0.4, -0.2) is 70.5 Å². The van der Waals surface area contributed by atoms with Gasteiger partial charge in [-0.2, -0.15) is 23.5 Å². The zero-order valence-electron chi connectivity index (χ0n) is 20.1. The number of aromatic nitrogens is 2. The van der Waals surface area contributed by atoms with Crippen molar-refractivity contribution in [2.75, 3.05) is 49.5 Å². The van der Waals surface area contributed by atoms with Crippen LogP contribution < -0.4 is 10.2 Å². The Kier molecular flexibility index (Phi) is 8.54. The maximum absolute atomic E-state index is 12.9. The van der Waals surface area contributed by atoms with Gasteiger partial charge in [-0.15, -0.1) is 0 Å². The van der Waals surface area contributed by atoms with Crippen LogP contribution in [0.25, 0.3) is 5.69 Å². The second-order valence-corrected chi connectivity index (χ2v) is 8.45. The van der Waals surface area contributed by atoms with Crippen molar-refractivity contribution in [3.8, 4) is 11.8 Å². The highest BCUT2D eigenvalue weighted by Crippen LogP contribution is 2.30. The first-order valence-corrected chi connectivity index (χ1v) is 11.4. The summed E-state index contributed by atoms with van der Waals surface area (Å²) in [5.41, 5.74) is 2.02. The topological polar surface area (TPSA) is 129 Å². The van der Waals surface area contributed by atoms with E-state index in [1.54, 1.807) is 25.1 Å². The molecule has 0 aliphatic carbocycles. The zero-order valence-corrected chi connectivity index (χ0v) is 20.1. The first-order chi connectivity index (χ1) is 17.2. The molecule has 0 spiro atoms. The first kappa shape index (κ1) is 27.7. The van der Waals surface area contributed by atoms with Crippen LogP contribution >= 0.6 is 0 Å². The Bertz CT molecular complexity index is 1280. The highest BCUT2D eigenvalue weighted by Gasteiger charge is 2.30. The SMILES string of the molecule is Cc1c(C(=O)Nc2ccc(N3CCN(CCO)CC3)c(C#N)c2)cnn1-c1ccc(C(F)(F)F)cc1.O. The fourth-order valence-electron chi connectivity index (χ4n) is 4.22. The van der Waals surface area contributed by atoms with Crippen LogP contribution in [0.1, 0.15) is 27.2 Å². The van der Waals surface area contributed by atoms with Crippen molar-refractivity contribution in [3.63, 3.8) is 0 Å². The third kappa shape index (κ3) is 6.08. The molecule has 196 valence electrons. The molecule has 1 saturated heterocycles. The lowest BCUT2D eigenvalue weighted by atomic mass is 10.1. The van der Waals surface area contributed by atoms with Gasteiger partial charge < -0.3 is 20.8 Å². The Labute approximate surface area is 211 Å². The molecule has 2 aromatic carbocycles. The highest BCUT2D eigenvalue weighted by molar-refractivity contribution is 6.05. The van der Waals surface area contributed by atoms with Crippen LogP contribution in [0.4, 0.5) is 24.5 Å². The summed E-state index contributed by atoms with van der Waals surface area (Å²) in [6.07, 6.45) is -3.08. The normalized spacial score (nSPS) is 14.1. The van der Waals surface area contributed by atoms with Crippen LogP contribution in [0.5, 0.6) is 0 Å². The van der Waals surface area contributed by atoms with Crippen molar-refractivity contribution >= 4 is 17.3 Å². The molecular formula is C25H27F3N6O3. The van der Waals surface area contributed by atoms with Crippen LogP contribution in [0, 0.1) is 18.3 Å². The third-order valence-electron chi connectivity index (χ3n) is 6.20. The van der Waals surface area contributed by atoms with Crippen molar-refractivity contribution in [2.45, 2.75) is 13.1 Å². The summed E-state index contributed by atoms with van der Waals surface area (Å²) >= 11 is 0. The van der Waals surface area contributed by atoms with Gasteiger partial charge in [0.25, 0.3) is 5.91 Å². The number of hydrogen-bond donors (Lipinski definition) is 2. The molecule has 1 fully saturated rings. The van der Waals surface area contributed by atoms with Crippen molar-refractivity contribution < 1.29 is 28.5 Å². The Morgan fingerprint density at radius 1 is 1.14 bits per heavy atom. The number of aliphatic hydroxyl groups excluding tert-OH is 1. The van der Waals surface area contributed by atoms with Crippen LogP contribution in [-0.2, 0) is 6.18 Å². The number of β-amino-alcohol motifs (C(OH)–C–C–N with tert-alkyl or cyclic N) is 1. The molecule has 1 aromatic heterocycles. The lowest BCUT2D eigenvalue weighted by Crippen LogP contribution is -2.47. The minimum atomic E-state index is -4.44. The minimum absolute atomic E-state index is 0. The van der Waals surface area contributed by atoms with Crippen molar-refractivity contribution in [1.82, 2.24) is 14.7 Å². The van der Waals surface area contributed by atoms with Crippen LogP contribution in [0.3, 0.4) is 0 Å². The van der Waals surface area contributed by atoms with Gasteiger partial charge >= 0.3 is 6.18 Å². The van der Waals surface area contributed by atoms with Gasteiger partial charge in [-0.05, 0) is 49.4 Å². The summed E-state index contributed by atoms with van der Waals surface area (Å²) in [4.78, 5) is 17.2. The minimum Gasteiger partial charge on any atom is -0.412 e. The summed E-state index contributed by atoms with van der Waals surface area (Å²) in [5.74, 6) is -0.445. The maximum atomic E-state index is 12.9. The molecule has 0 saturated carbocycles. The molecule has 1 amide bonds. The average molecular weight is 517 g/mol. The fourth-order valence-corrected chi connectivity index (χ4v) is 4.22. The Morgan fingerprint density at radius 3 is 2.41 bits per heavy atom. The number of carbonyl (C=O) groups excluding carboxylic acids is 1. The molecule has 4 rings (SSSR count). The lowest BCUT2D eigenvalue weighted by Gasteiger charge is -2.36. The smallest absolute Gasteiger partial charge is 0.412 e. The Balaban J connectivity index is 0.00000380. The largest absolute Gasteiger partial charge is 0.416 e. The van der Waals surface area contributed by atoms with E-state index >= 15 is 0 Å². The molecule has 37 heavy (non-hydrogen) atoms. The Morgan fingerprint density at radius 2 is 1.81 bits per heavy atom. The number of rotatable bonds is 6. The number of piperazine rings is 1. The van der Waals surface area contributed by atoms with Gasteiger partial charge in [0.05, 0.1) is 46.6 Å². The van der Waals surface area contributed by atoms with E-state index in [0.717, 1.165) is 44.0 Å². The zero-order chi connectivity index (χ0) is 25.9. The number of carbonyl (C=O) groups is 1. The second-order valence-electron chi connectivity index (χ2n) is 8.45. The van der Waals surface area contributed by atoms with Gasteiger partial charge in [0.15, 0.2) is 0 Å². The monoisotopic (exact) mass is 516 g/mol. The van der Waals surface area contributed by atoms with E-state index in [0.29, 0.717) is 29.2 Å². The highest BCUT2D eigenvalue weighted by atomic mass is 19.4. The number of halogens is 3. The fraction of sp³-hybridized carbons (Fsp3) is 0.320. The number of nitrogens with zero attached hydrogens (tertiary/aromatic N) is 5.